The molecule has 0 radical (unpaired) electrons. The first kappa shape index (κ1) is 28.2. The molecule has 1 aromatic heterocycles. The Bertz CT molecular complexity index is 1640. The van der Waals surface area contributed by atoms with E-state index < -0.39 is 17.7 Å². The van der Waals surface area contributed by atoms with Crippen LogP contribution in [0.5, 0.6) is 0 Å². The lowest BCUT2D eigenvalue weighted by Gasteiger charge is -2.22. The first-order valence-electron chi connectivity index (χ1n) is 11.1. The van der Waals surface area contributed by atoms with Crippen LogP contribution in [0.1, 0.15) is 22.7 Å². The number of aromatic nitrogens is 2. The van der Waals surface area contributed by atoms with Crippen molar-refractivity contribution in [2.75, 3.05) is 4.90 Å². The zero-order valence-corrected chi connectivity index (χ0v) is 24.8. The minimum atomic E-state index is -1.04. The fourth-order valence-electron chi connectivity index (χ4n) is 3.93. The highest BCUT2D eigenvalue weighted by Gasteiger charge is 2.48. The maximum Gasteiger partial charge on any atom is 0.301 e. The molecule has 4 aromatic rings. The number of benzene rings is 3. The Balaban J connectivity index is 1.55. The van der Waals surface area contributed by atoms with Crippen LogP contribution >= 0.6 is 81.1 Å². The monoisotopic (exact) mass is 655 g/mol. The molecule has 1 unspecified atom stereocenters. The molecule has 0 aliphatic carbocycles. The number of anilines is 1. The molecule has 2 heterocycles. The Morgan fingerprint density at radius 3 is 2.28 bits per heavy atom. The van der Waals surface area contributed by atoms with Crippen molar-refractivity contribution in [1.29, 1.82) is 0 Å². The average Bonchev–Trinajstić information content (AvgIpc) is 3.47. The topological polar surface area (TPSA) is 83.4 Å². The molecule has 3 aromatic carbocycles. The third-order valence-corrected chi connectivity index (χ3v) is 9.47. The lowest BCUT2D eigenvalue weighted by Crippen LogP contribution is -2.29. The zero-order valence-electron chi connectivity index (χ0n) is 19.4. The van der Waals surface area contributed by atoms with Crippen LogP contribution in [0.15, 0.2) is 70.6 Å². The number of rotatable bonds is 6. The summed E-state index contributed by atoms with van der Waals surface area (Å²) in [6, 6.07) is 15.2. The van der Waals surface area contributed by atoms with Gasteiger partial charge >= 0.3 is 5.91 Å². The maximum absolute atomic E-state index is 13.4. The van der Waals surface area contributed by atoms with Gasteiger partial charge in [-0.05, 0) is 59.7 Å². The number of nitrogens with zero attached hydrogens (tertiary/aromatic N) is 3. The van der Waals surface area contributed by atoms with Crippen LogP contribution < -0.4 is 4.90 Å². The Kier molecular flexibility index (Phi) is 8.45. The van der Waals surface area contributed by atoms with E-state index in [1.54, 1.807) is 54.6 Å². The van der Waals surface area contributed by atoms with Gasteiger partial charge in [-0.1, -0.05) is 93.2 Å². The number of amides is 1. The SMILES string of the molecule is O=C1C(=O)N(c2nnc(SCc3ccc(Cl)cc3Cl)s2)C(c2ccc(Cl)c(Cl)c2)/C1=C(/O)c1ccc(Cl)cc1. The summed E-state index contributed by atoms with van der Waals surface area (Å²) in [4.78, 5) is 27.9. The summed E-state index contributed by atoms with van der Waals surface area (Å²) in [5.41, 5.74) is 1.49. The predicted octanol–water partition coefficient (Wildman–Crippen LogP) is 8.72. The van der Waals surface area contributed by atoms with Crippen LogP contribution in [0.4, 0.5) is 5.13 Å². The van der Waals surface area contributed by atoms with Crippen molar-refractivity contribution in [3.05, 3.63) is 108 Å². The molecule has 6 nitrogen and oxygen atoms in total. The van der Waals surface area contributed by atoms with Crippen LogP contribution in [0.2, 0.25) is 25.1 Å². The summed E-state index contributed by atoms with van der Waals surface area (Å²) < 4.78 is 0.545. The molecule has 0 bridgehead atoms. The molecule has 1 atom stereocenters. The van der Waals surface area contributed by atoms with Gasteiger partial charge < -0.3 is 5.11 Å². The fourth-order valence-corrected chi connectivity index (χ4v) is 6.79. The van der Waals surface area contributed by atoms with E-state index in [-0.39, 0.29) is 21.5 Å². The molecule has 5 rings (SSSR count). The maximum atomic E-state index is 13.4. The van der Waals surface area contributed by atoms with Gasteiger partial charge in [0, 0.05) is 26.4 Å². The minimum absolute atomic E-state index is 0.127. The van der Waals surface area contributed by atoms with E-state index in [2.05, 4.69) is 10.2 Å². The third kappa shape index (κ3) is 5.79. The Labute approximate surface area is 256 Å². The van der Waals surface area contributed by atoms with Crippen molar-refractivity contribution in [2.24, 2.45) is 0 Å². The summed E-state index contributed by atoms with van der Waals surface area (Å²) in [5.74, 6) is -1.62. The van der Waals surface area contributed by atoms with E-state index in [0.29, 0.717) is 41.3 Å². The van der Waals surface area contributed by atoms with E-state index >= 15 is 0 Å². The van der Waals surface area contributed by atoms with Gasteiger partial charge in [0.2, 0.25) is 5.13 Å². The number of hydrogen-bond acceptors (Lipinski definition) is 7. The highest BCUT2D eigenvalue weighted by Crippen LogP contribution is 2.45. The summed E-state index contributed by atoms with van der Waals surface area (Å²) in [5, 5.41) is 21.8. The summed E-state index contributed by atoms with van der Waals surface area (Å²) in [6.45, 7) is 0. The minimum Gasteiger partial charge on any atom is -0.507 e. The normalized spacial score (nSPS) is 16.7. The summed E-state index contributed by atoms with van der Waals surface area (Å²) in [6.07, 6.45) is 0. The lowest BCUT2D eigenvalue weighted by molar-refractivity contribution is -0.132. The van der Waals surface area contributed by atoms with Gasteiger partial charge in [0.15, 0.2) is 4.34 Å². The van der Waals surface area contributed by atoms with Gasteiger partial charge in [-0.15, -0.1) is 10.2 Å². The highest BCUT2D eigenvalue weighted by molar-refractivity contribution is 8.00. The second-order valence-corrected chi connectivity index (χ2v) is 12.5. The van der Waals surface area contributed by atoms with Crippen molar-refractivity contribution in [2.45, 2.75) is 16.1 Å². The molecule has 1 saturated heterocycles. The number of carbonyl (C=O) groups is 2. The van der Waals surface area contributed by atoms with Crippen LogP contribution in [-0.2, 0) is 15.3 Å². The van der Waals surface area contributed by atoms with Crippen molar-refractivity contribution in [3.63, 3.8) is 0 Å². The van der Waals surface area contributed by atoms with Crippen molar-refractivity contribution in [1.82, 2.24) is 10.2 Å². The van der Waals surface area contributed by atoms with Crippen LogP contribution in [-0.4, -0.2) is 27.0 Å². The number of carbonyl (C=O) groups excluding carboxylic acids is 2. The summed E-state index contributed by atoms with van der Waals surface area (Å²) in [7, 11) is 0. The molecule has 1 aliphatic heterocycles. The fraction of sp³-hybridized carbons (Fsp3) is 0.0769. The molecular formula is C26H14Cl5N3O3S2. The molecule has 1 fully saturated rings. The molecule has 0 spiro atoms. The Morgan fingerprint density at radius 2 is 1.59 bits per heavy atom. The Morgan fingerprint density at radius 1 is 0.872 bits per heavy atom. The van der Waals surface area contributed by atoms with Gasteiger partial charge in [-0.2, -0.15) is 0 Å². The number of hydrogen-bond donors (Lipinski definition) is 1. The molecule has 1 N–H and O–H groups in total. The molecule has 13 heteroatoms. The summed E-state index contributed by atoms with van der Waals surface area (Å²) >= 11 is 33.1. The standard InChI is InChI=1S/C26H14Cl5N3O3S2/c27-15-5-1-12(2-6-15)22(35)20-21(13-4-8-17(29)19(31)9-13)34(24(37)23(20)36)25-32-33-26(39-25)38-11-14-3-7-16(28)10-18(14)30/h1-10,21,35H,11H2/b22-20-. The second kappa shape index (κ2) is 11.7. The van der Waals surface area contributed by atoms with Crippen molar-refractivity contribution < 1.29 is 14.7 Å². The predicted molar refractivity (Wildman–Crippen MR) is 159 cm³/mol. The van der Waals surface area contributed by atoms with Gasteiger partial charge in [0.1, 0.15) is 5.76 Å². The van der Waals surface area contributed by atoms with Gasteiger partial charge in [-0.3, -0.25) is 14.5 Å². The van der Waals surface area contributed by atoms with Crippen molar-refractivity contribution >= 4 is 104 Å². The largest absolute Gasteiger partial charge is 0.507 e. The van der Waals surface area contributed by atoms with Crippen LogP contribution in [0.3, 0.4) is 0 Å². The quantitative estimate of drug-likeness (QED) is 0.0734. The highest BCUT2D eigenvalue weighted by atomic mass is 35.5. The van der Waals surface area contributed by atoms with Gasteiger partial charge in [0.25, 0.3) is 5.78 Å². The third-order valence-electron chi connectivity index (χ3n) is 5.79. The van der Waals surface area contributed by atoms with E-state index in [9.17, 15) is 14.7 Å². The number of ketones is 1. The van der Waals surface area contributed by atoms with Crippen LogP contribution in [0.25, 0.3) is 5.76 Å². The van der Waals surface area contributed by atoms with E-state index in [4.69, 9.17) is 58.0 Å². The first-order valence-corrected chi connectivity index (χ1v) is 14.8. The number of Topliss-reactive ketones (excluding diaryl/α,β-unsaturated/α-hetero) is 1. The molecule has 39 heavy (non-hydrogen) atoms. The average molecular weight is 658 g/mol. The molecule has 198 valence electrons. The van der Waals surface area contributed by atoms with E-state index in [1.807, 2.05) is 6.07 Å². The molecule has 0 saturated carbocycles. The molecule has 1 amide bonds. The number of aliphatic hydroxyl groups is 1. The van der Waals surface area contributed by atoms with Crippen LogP contribution in [0, 0.1) is 0 Å². The van der Waals surface area contributed by atoms with Crippen molar-refractivity contribution in [3.8, 4) is 0 Å². The number of halogens is 5. The molecular weight excluding hydrogens is 644 g/mol. The van der Waals surface area contributed by atoms with Gasteiger partial charge in [0.05, 0.1) is 21.7 Å². The van der Waals surface area contributed by atoms with Gasteiger partial charge in [-0.25, -0.2) is 0 Å². The Hall–Kier alpha value is -2.30. The lowest BCUT2D eigenvalue weighted by atomic mass is 9.95. The second-order valence-electron chi connectivity index (χ2n) is 8.22. The molecule has 1 aliphatic rings. The number of aliphatic hydroxyl groups excluding tert-OH is 1. The zero-order chi connectivity index (χ0) is 27.8. The van der Waals surface area contributed by atoms with E-state index in [1.165, 1.54) is 16.7 Å². The number of thioether (sulfide) groups is 1. The van der Waals surface area contributed by atoms with E-state index in [0.717, 1.165) is 16.9 Å². The smallest absolute Gasteiger partial charge is 0.301 e. The first-order chi connectivity index (χ1) is 18.6.